The van der Waals surface area contributed by atoms with Gasteiger partial charge in [-0.2, -0.15) is 13.2 Å². The summed E-state index contributed by atoms with van der Waals surface area (Å²) < 4.78 is 36.9. The molecule has 1 saturated carbocycles. The van der Waals surface area contributed by atoms with E-state index < -0.39 is 11.9 Å². The highest BCUT2D eigenvalue weighted by Crippen LogP contribution is 2.35. The Hall–Kier alpha value is -1.00. The molecule has 0 saturated heterocycles. The number of alkyl halides is 3. The van der Waals surface area contributed by atoms with E-state index in [0.29, 0.717) is 6.54 Å². The van der Waals surface area contributed by atoms with E-state index in [0.717, 1.165) is 18.4 Å². The lowest BCUT2D eigenvalue weighted by Crippen LogP contribution is -2.35. The zero-order valence-corrected chi connectivity index (χ0v) is 9.17. The molecule has 1 heterocycles. The van der Waals surface area contributed by atoms with Crippen molar-refractivity contribution in [1.29, 1.82) is 0 Å². The number of hydrogen-bond donors (Lipinski definition) is 0. The van der Waals surface area contributed by atoms with Crippen LogP contribution in [0.15, 0.2) is 16.8 Å². The van der Waals surface area contributed by atoms with Crippen LogP contribution in [0.4, 0.5) is 13.2 Å². The number of nitrogens with zero attached hydrogens (tertiary/aromatic N) is 2. The van der Waals surface area contributed by atoms with E-state index in [2.05, 4.69) is 4.99 Å². The minimum absolute atomic E-state index is 0.280. The van der Waals surface area contributed by atoms with Gasteiger partial charge in [0.1, 0.15) is 5.70 Å². The molecule has 0 N–H and O–H groups in total. The van der Waals surface area contributed by atoms with Gasteiger partial charge < -0.3 is 4.90 Å². The fourth-order valence-corrected chi connectivity index (χ4v) is 1.88. The molecule has 1 aliphatic carbocycles. The first-order valence-corrected chi connectivity index (χ1v) is 5.54. The van der Waals surface area contributed by atoms with Gasteiger partial charge in [-0.05, 0) is 25.3 Å². The highest BCUT2D eigenvalue weighted by Gasteiger charge is 2.35. The highest BCUT2D eigenvalue weighted by atomic mass is 19.4. The van der Waals surface area contributed by atoms with Crippen LogP contribution in [0.25, 0.3) is 0 Å². The second-order valence-electron chi connectivity index (χ2n) is 4.56. The molecule has 16 heavy (non-hydrogen) atoms. The quantitative estimate of drug-likeness (QED) is 0.730. The van der Waals surface area contributed by atoms with Gasteiger partial charge in [0.25, 0.3) is 0 Å². The smallest absolute Gasteiger partial charge is 0.356 e. The lowest BCUT2D eigenvalue weighted by atomic mass is 10.1. The third-order valence-electron chi connectivity index (χ3n) is 3.07. The molecular weight excluding hydrogens is 217 g/mol. The highest BCUT2D eigenvalue weighted by molar-refractivity contribution is 5.59. The summed E-state index contributed by atoms with van der Waals surface area (Å²) in [4.78, 5) is 5.34. The fourth-order valence-electron chi connectivity index (χ4n) is 1.88. The van der Waals surface area contributed by atoms with Crippen LogP contribution >= 0.6 is 0 Å². The molecule has 2 nitrogen and oxygen atoms in total. The summed E-state index contributed by atoms with van der Waals surface area (Å²) in [5, 5.41) is 0. The molecule has 1 aliphatic heterocycles. The number of halogens is 3. The molecule has 0 aromatic carbocycles. The Bertz CT molecular complexity index is 316. The van der Waals surface area contributed by atoms with Crippen molar-refractivity contribution in [2.75, 3.05) is 6.54 Å². The zero-order valence-electron chi connectivity index (χ0n) is 9.17. The van der Waals surface area contributed by atoms with E-state index >= 15 is 0 Å². The second kappa shape index (κ2) is 4.11. The lowest BCUT2D eigenvalue weighted by molar-refractivity contribution is -0.0930. The zero-order chi connectivity index (χ0) is 11.8. The van der Waals surface area contributed by atoms with Crippen molar-refractivity contribution in [3.8, 4) is 0 Å². The predicted molar refractivity (Wildman–Crippen MR) is 56.1 cm³/mol. The SMILES string of the molecule is CC(CC1CC1)N1C=NC(C(F)(F)F)=CC1. The molecule has 2 aliphatic rings. The van der Waals surface area contributed by atoms with Crippen LogP contribution in [0.1, 0.15) is 26.2 Å². The molecule has 2 rings (SSSR count). The maximum Gasteiger partial charge on any atom is 0.433 e. The molecule has 90 valence electrons. The van der Waals surface area contributed by atoms with Crippen molar-refractivity contribution in [2.24, 2.45) is 10.9 Å². The van der Waals surface area contributed by atoms with Gasteiger partial charge in [0.15, 0.2) is 0 Å². The predicted octanol–water partition coefficient (Wildman–Crippen LogP) is 2.97. The lowest BCUT2D eigenvalue weighted by Gasteiger charge is -2.28. The van der Waals surface area contributed by atoms with Gasteiger partial charge in [-0.25, -0.2) is 4.99 Å². The van der Waals surface area contributed by atoms with Gasteiger partial charge in [0.05, 0.1) is 6.34 Å². The summed E-state index contributed by atoms with van der Waals surface area (Å²) >= 11 is 0. The molecule has 1 atom stereocenters. The number of hydrogen-bond acceptors (Lipinski definition) is 2. The van der Waals surface area contributed by atoms with Crippen LogP contribution in [0.2, 0.25) is 0 Å². The molecule has 0 aromatic rings. The Balaban J connectivity index is 1.89. The Morgan fingerprint density at radius 1 is 1.50 bits per heavy atom. The Morgan fingerprint density at radius 3 is 2.62 bits per heavy atom. The van der Waals surface area contributed by atoms with Gasteiger partial charge in [0, 0.05) is 12.6 Å². The molecular formula is C11H15F3N2. The number of aliphatic imine (C=N–C) groups is 1. The molecule has 5 heteroatoms. The van der Waals surface area contributed by atoms with E-state index in [1.807, 2.05) is 11.8 Å². The second-order valence-corrected chi connectivity index (χ2v) is 4.56. The third-order valence-corrected chi connectivity index (χ3v) is 3.07. The minimum Gasteiger partial charge on any atom is -0.356 e. The standard InChI is InChI=1S/C11H15F3N2/c1-8(6-9-2-3-9)16-5-4-10(15-7-16)11(12,13)14/h4,7-9H,2-3,5-6H2,1H3. The Morgan fingerprint density at radius 2 is 2.19 bits per heavy atom. The van der Waals surface area contributed by atoms with Crippen molar-refractivity contribution in [3.63, 3.8) is 0 Å². The monoisotopic (exact) mass is 232 g/mol. The fraction of sp³-hybridized carbons (Fsp3) is 0.727. The third kappa shape index (κ3) is 2.77. The normalized spacial score (nSPS) is 23.2. The first-order chi connectivity index (χ1) is 7.47. The summed E-state index contributed by atoms with van der Waals surface area (Å²) in [6.07, 6.45) is 1.75. The van der Waals surface area contributed by atoms with Crippen molar-refractivity contribution in [1.82, 2.24) is 4.90 Å². The van der Waals surface area contributed by atoms with E-state index in [-0.39, 0.29) is 6.04 Å². The van der Waals surface area contributed by atoms with Gasteiger partial charge in [-0.1, -0.05) is 12.8 Å². The van der Waals surface area contributed by atoms with Crippen molar-refractivity contribution in [3.05, 3.63) is 11.8 Å². The van der Waals surface area contributed by atoms with Crippen molar-refractivity contribution >= 4 is 6.34 Å². The van der Waals surface area contributed by atoms with E-state index in [9.17, 15) is 13.2 Å². The maximum atomic E-state index is 12.3. The van der Waals surface area contributed by atoms with Crippen LogP contribution in [0.3, 0.4) is 0 Å². The maximum absolute atomic E-state index is 12.3. The summed E-state index contributed by atoms with van der Waals surface area (Å²) in [6, 6.07) is 0.280. The first kappa shape index (κ1) is 11.5. The molecule has 0 aromatic heterocycles. The average Bonchev–Trinajstić information content (AvgIpc) is 3.00. The molecule has 1 fully saturated rings. The van der Waals surface area contributed by atoms with Crippen molar-refractivity contribution in [2.45, 2.75) is 38.4 Å². The van der Waals surface area contributed by atoms with E-state index in [1.165, 1.54) is 19.2 Å². The van der Waals surface area contributed by atoms with Gasteiger partial charge in [-0.3, -0.25) is 0 Å². The summed E-state index contributed by atoms with van der Waals surface area (Å²) in [5.41, 5.74) is -0.776. The Kier molecular flexibility index (Phi) is 2.95. The van der Waals surface area contributed by atoms with Crippen molar-refractivity contribution < 1.29 is 13.2 Å². The Labute approximate surface area is 92.8 Å². The number of allylic oxidation sites excluding steroid dienone is 1. The van der Waals surface area contributed by atoms with Gasteiger partial charge in [0.2, 0.25) is 0 Å². The van der Waals surface area contributed by atoms with E-state index in [1.54, 1.807) is 0 Å². The summed E-state index contributed by atoms with van der Waals surface area (Å²) in [6.45, 7) is 2.35. The van der Waals surface area contributed by atoms with Crippen LogP contribution in [0, 0.1) is 5.92 Å². The molecule has 0 bridgehead atoms. The first-order valence-electron chi connectivity index (χ1n) is 5.54. The van der Waals surface area contributed by atoms with Crippen LogP contribution in [-0.2, 0) is 0 Å². The molecule has 0 radical (unpaired) electrons. The molecule has 1 unspecified atom stereocenters. The molecule has 0 amide bonds. The largest absolute Gasteiger partial charge is 0.433 e. The van der Waals surface area contributed by atoms with Crippen LogP contribution < -0.4 is 0 Å². The number of rotatable bonds is 3. The summed E-state index contributed by atoms with van der Waals surface area (Å²) in [7, 11) is 0. The molecule has 0 spiro atoms. The summed E-state index contributed by atoms with van der Waals surface area (Å²) in [5.74, 6) is 0.774. The average molecular weight is 232 g/mol. The van der Waals surface area contributed by atoms with E-state index in [4.69, 9.17) is 0 Å². The minimum atomic E-state index is -4.32. The van der Waals surface area contributed by atoms with Gasteiger partial charge in [-0.15, -0.1) is 0 Å². The topological polar surface area (TPSA) is 15.6 Å². The van der Waals surface area contributed by atoms with Crippen LogP contribution in [-0.4, -0.2) is 30.0 Å². The van der Waals surface area contributed by atoms with Crippen LogP contribution in [0.5, 0.6) is 0 Å². The van der Waals surface area contributed by atoms with Gasteiger partial charge >= 0.3 is 6.18 Å².